The molecule has 0 radical (unpaired) electrons. The van der Waals surface area contributed by atoms with Gasteiger partial charge in [-0.1, -0.05) is 41.7 Å². The summed E-state index contributed by atoms with van der Waals surface area (Å²) in [6.07, 6.45) is 4.35. The average molecular weight is 489 g/mol. The Labute approximate surface area is 208 Å². The molecule has 35 heavy (non-hydrogen) atoms. The van der Waals surface area contributed by atoms with E-state index >= 15 is 0 Å². The summed E-state index contributed by atoms with van der Waals surface area (Å²) < 4.78 is 6.92. The number of thiazole rings is 1. The average Bonchev–Trinajstić information content (AvgIpc) is 3.29. The molecule has 1 atom stereocenters. The highest BCUT2D eigenvalue weighted by Gasteiger charge is 2.19. The molecule has 1 aliphatic heterocycles. The normalized spacial score (nSPS) is 13.6. The van der Waals surface area contributed by atoms with Crippen molar-refractivity contribution in [2.75, 3.05) is 23.8 Å². The van der Waals surface area contributed by atoms with Crippen LogP contribution in [0.3, 0.4) is 0 Å². The van der Waals surface area contributed by atoms with Crippen LogP contribution in [0.4, 0.5) is 10.9 Å². The molecule has 0 saturated carbocycles. The number of carboxylic acids is 1. The zero-order valence-electron chi connectivity index (χ0n) is 19.4. The third kappa shape index (κ3) is 5.89. The number of benzene rings is 2. The Morgan fingerprint density at radius 2 is 1.97 bits per heavy atom. The Morgan fingerprint density at radius 3 is 2.80 bits per heavy atom. The zero-order chi connectivity index (χ0) is 24.0. The Hall–Kier alpha value is -3.65. The minimum absolute atomic E-state index is 0.351. The van der Waals surface area contributed by atoms with Gasteiger partial charge in [-0.2, -0.15) is 0 Å². The van der Waals surface area contributed by atoms with Gasteiger partial charge in [-0.05, 0) is 67.1 Å². The molecule has 0 amide bonds. The van der Waals surface area contributed by atoms with Crippen molar-refractivity contribution in [1.29, 1.82) is 0 Å². The lowest BCUT2D eigenvalue weighted by Crippen LogP contribution is -2.31. The molecule has 5 rings (SSSR count). The van der Waals surface area contributed by atoms with E-state index in [0.29, 0.717) is 18.2 Å². The summed E-state index contributed by atoms with van der Waals surface area (Å²) in [4.78, 5) is 21.1. The Kier molecular flexibility index (Phi) is 7.09. The number of aryl methyl sites for hydroxylation is 2. The Morgan fingerprint density at radius 1 is 1.11 bits per heavy atom. The van der Waals surface area contributed by atoms with E-state index in [9.17, 15) is 9.90 Å². The molecule has 0 fully saturated rings. The van der Waals surface area contributed by atoms with Crippen molar-refractivity contribution >= 4 is 38.5 Å². The van der Waals surface area contributed by atoms with Crippen LogP contribution in [0.5, 0.6) is 5.75 Å². The van der Waals surface area contributed by atoms with Crippen molar-refractivity contribution < 1.29 is 14.6 Å². The van der Waals surface area contributed by atoms with Crippen LogP contribution < -0.4 is 15.4 Å². The van der Waals surface area contributed by atoms with Gasteiger partial charge in [-0.3, -0.25) is 0 Å². The van der Waals surface area contributed by atoms with Crippen molar-refractivity contribution in [2.24, 2.45) is 0 Å². The molecular weight excluding hydrogens is 460 g/mol. The summed E-state index contributed by atoms with van der Waals surface area (Å²) in [6.45, 7) is 1.59. The fourth-order valence-electron chi connectivity index (χ4n) is 4.19. The molecule has 3 N–H and O–H groups in total. The number of aromatic nitrogens is 2. The SMILES string of the molecule is O=C(O)C(Cc1ccc(OCCCc2ccc3c(n2)NCCC3)cc1)Nc1nc2ccccc2s1. The number of nitrogens with zero attached hydrogens (tertiary/aromatic N) is 2. The summed E-state index contributed by atoms with van der Waals surface area (Å²) in [5, 5.41) is 16.8. The summed E-state index contributed by atoms with van der Waals surface area (Å²) in [5.41, 5.74) is 4.17. The van der Waals surface area contributed by atoms with Gasteiger partial charge in [0.05, 0.1) is 16.8 Å². The maximum Gasteiger partial charge on any atom is 0.326 e. The molecule has 2 aromatic heterocycles. The highest BCUT2D eigenvalue weighted by atomic mass is 32.1. The molecule has 0 aliphatic carbocycles. The molecule has 1 unspecified atom stereocenters. The fourth-order valence-corrected chi connectivity index (χ4v) is 5.11. The lowest BCUT2D eigenvalue weighted by atomic mass is 10.1. The second kappa shape index (κ2) is 10.7. The predicted molar refractivity (Wildman–Crippen MR) is 140 cm³/mol. The van der Waals surface area contributed by atoms with E-state index in [-0.39, 0.29) is 0 Å². The van der Waals surface area contributed by atoms with Crippen LogP contribution in [-0.2, 0) is 24.1 Å². The second-order valence-corrected chi connectivity index (χ2v) is 9.69. The Balaban J connectivity index is 1.11. The number of hydrogen-bond donors (Lipinski definition) is 3. The molecule has 0 saturated heterocycles. The smallest absolute Gasteiger partial charge is 0.326 e. The molecule has 0 spiro atoms. The van der Waals surface area contributed by atoms with E-state index in [1.165, 1.54) is 16.9 Å². The maximum atomic E-state index is 11.8. The van der Waals surface area contributed by atoms with Crippen LogP contribution in [0.15, 0.2) is 60.7 Å². The van der Waals surface area contributed by atoms with Crippen molar-refractivity contribution in [2.45, 2.75) is 38.1 Å². The van der Waals surface area contributed by atoms with E-state index in [1.54, 1.807) is 0 Å². The van der Waals surface area contributed by atoms with Gasteiger partial charge in [-0.25, -0.2) is 14.8 Å². The number of aliphatic carboxylic acids is 1. The first-order chi connectivity index (χ1) is 17.1. The van der Waals surface area contributed by atoms with Crippen molar-refractivity contribution in [3.63, 3.8) is 0 Å². The molecule has 4 aromatic rings. The third-order valence-corrected chi connectivity index (χ3v) is 7.02. The topological polar surface area (TPSA) is 96.4 Å². The van der Waals surface area contributed by atoms with Gasteiger partial charge in [0.25, 0.3) is 0 Å². The van der Waals surface area contributed by atoms with Crippen molar-refractivity contribution in [3.8, 4) is 5.75 Å². The van der Waals surface area contributed by atoms with Crippen molar-refractivity contribution in [3.05, 3.63) is 77.5 Å². The standard InChI is InChI=1S/C27H28N4O3S/c32-26(33)23(31-27-30-22-7-1-2-8-24(22)35-27)17-18-9-13-21(14-10-18)34-16-4-6-20-12-11-19-5-3-15-28-25(19)29-20/h1-2,7-14,23H,3-6,15-17H2,(H,28,29)(H,30,31)(H,32,33). The first kappa shape index (κ1) is 23.1. The highest BCUT2D eigenvalue weighted by Crippen LogP contribution is 2.26. The van der Waals surface area contributed by atoms with Gasteiger partial charge >= 0.3 is 5.97 Å². The molecule has 8 heteroatoms. The number of pyridine rings is 1. The minimum Gasteiger partial charge on any atom is -0.494 e. The zero-order valence-corrected chi connectivity index (χ0v) is 20.2. The van der Waals surface area contributed by atoms with E-state index in [1.807, 2.05) is 48.5 Å². The number of carboxylic acid groups (broad SMARTS) is 1. The molecule has 3 heterocycles. The molecule has 180 valence electrons. The predicted octanol–water partition coefficient (Wildman–Crippen LogP) is 5.17. The Bertz CT molecular complexity index is 1270. The quantitative estimate of drug-likeness (QED) is 0.265. The number of rotatable bonds is 10. The van der Waals surface area contributed by atoms with Crippen LogP contribution >= 0.6 is 11.3 Å². The summed E-state index contributed by atoms with van der Waals surface area (Å²) in [5.74, 6) is 0.901. The van der Waals surface area contributed by atoms with Gasteiger partial charge < -0.3 is 20.5 Å². The number of hydrogen-bond acceptors (Lipinski definition) is 7. The van der Waals surface area contributed by atoms with Crippen LogP contribution in [0, 0.1) is 0 Å². The minimum atomic E-state index is -0.907. The number of nitrogens with one attached hydrogen (secondary N) is 2. The van der Waals surface area contributed by atoms with Gasteiger partial charge in [-0.15, -0.1) is 0 Å². The first-order valence-electron chi connectivity index (χ1n) is 11.9. The second-order valence-electron chi connectivity index (χ2n) is 8.66. The molecule has 7 nitrogen and oxygen atoms in total. The fraction of sp³-hybridized carbons (Fsp3) is 0.296. The van der Waals surface area contributed by atoms with Gasteiger partial charge in [0.1, 0.15) is 17.6 Å². The number of anilines is 2. The maximum absolute atomic E-state index is 11.8. The number of para-hydroxylation sites is 1. The lowest BCUT2D eigenvalue weighted by molar-refractivity contribution is -0.137. The van der Waals surface area contributed by atoms with E-state index in [4.69, 9.17) is 9.72 Å². The number of carbonyl (C=O) groups is 1. The largest absolute Gasteiger partial charge is 0.494 e. The molecule has 2 aromatic carbocycles. The van der Waals surface area contributed by atoms with E-state index < -0.39 is 12.0 Å². The molecule has 1 aliphatic rings. The lowest BCUT2D eigenvalue weighted by Gasteiger charge is -2.17. The van der Waals surface area contributed by atoms with Crippen LogP contribution in [-0.4, -0.2) is 40.2 Å². The summed E-state index contributed by atoms with van der Waals surface area (Å²) >= 11 is 1.46. The number of ether oxygens (including phenoxy) is 1. The summed E-state index contributed by atoms with van der Waals surface area (Å²) in [7, 11) is 0. The molecular formula is C27H28N4O3S. The third-order valence-electron chi connectivity index (χ3n) is 6.05. The number of fused-ring (bicyclic) bond motifs is 2. The van der Waals surface area contributed by atoms with Gasteiger partial charge in [0, 0.05) is 18.7 Å². The van der Waals surface area contributed by atoms with Crippen LogP contribution in [0.2, 0.25) is 0 Å². The van der Waals surface area contributed by atoms with Crippen LogP contribution in [0.25, 0.3) is 10.2 Å². The van der Waals surface area contributed by atoms with E-state index in [2.05, 4.69) is 27.8 Å². The van der Waals surface area contributed by atoms with E-state index in [0.717, 1.165) is 65.3 Å². The van der Waals surface area contributed by atoms with Gasteiger partial charge in [0.2, 0.25) is 0 Å². The molecule has 0 bridgehead atoms. The van der Waals surface area contributed by atoms with Crippen LogP contribution in [0.1, 0.15) is 29.7 Å². The first-order valence-corrected chi connectivity index (χ1v) is 12.7. The highest BCUT2D eigenvalue weighted by molar-refractivity contribution is 7.22. The van der Waals surface area contributed by atoms with Gasteiger partial charge in [0.15, 0.2) is 5.13 Å². The summed E-state index contributed by atoms with van der Waals surface area (Å²) in [6, 6.07) is 18.9. The van der Waals surface area contributed by atoms with Crippen molar-refractivity contribution in [1.82, 2.24) is 9.97 Å². The monoisotopic (exact) mass is 488 g/mol.